The first-order valence-corrected chi connectivity index (χ1v) is 7.81. The van der Waals surface area contributed by atoms with Crippen molar-refractivity contribution in [3.05, 3.63) is 23.4 Å². The third-order valence-corrected chi connectivity index (χ3v) is 5.22. The van der Waals surface area contributed by atoms with Gasteiger partial charge < -0.3 is 4.74 Å². The third kappa shape index (κ3) is 2.20. The van der Waals surface area contributed by atoms with E-state index >= 15 is 0 Å². The van der Waals surface area contributed by atoms with E-state index in [0.717, 1.165) is 18.9 Å². The lowest BCUT2D eigenvalue weighted by Crippen LogP contribution is -2.61. The van der Waals surface area contributed by atoms with Crippen molar-refractivity contribution in [2.45, 2.75) is 32.3 Å². The fourth-order valence-electron chi connectivity index (χ4n) is 3.75. The summed E-state index contributed by atoms with van der Waals surface area (Å²) in [5.41, 5.74) is 2.34. The molecule has 5 heteroatoms. The summed E-state index contributed by atoms with van der Waals surface area (Å²) in [5.74, 6) is 1.47. The van der Waals surface area contributed by atoms with Crippen LogP contribution >= 0.6 is 0 Å². The largest absolute Gasteiger partial charge is 0.455 e. The number of amidine groups is 1. The van der Waals surface area contributed by atoms with E-state index in [1.165, 1.54) is 37.1 Å². The number of fused-ring (bicyclic) bond motifs is 2. The molecule has 4 aliphatic rings. The molecule has 4 aliphatic heterocycles. The van der Waals surface area contributed by atoms with Gasteiger partial charge in [-0.1, -0.05) is 0 Å². The van der Waals surface area contributed by atoms with E-state index in [-0.39, 0.29) is 5.60 Å². The van der Waals surface area contributed by atoms with Gasteiger partial charge in [0.1, 0.15) is 11.4 Å². The Bertz CT molecular complexity index is 592. The van der Waals surface area contributed by atoms with Gasteiger partial charge in [0.25, 0.3) is 6.02 Å². The smallest absolute Gasteiger partial charge is 0.291 e. The Morgan fingerprint density at radius 1 is 1.29 bits per heavy atom. The Morgan fingerprint density at radius 3 is 2.76 bits per heavy atom. The zero-order chi connectivity index (χ0) is 14.4. The second-order valence-electron chi connectivity index (χ2n) is 6.62. The molecule has 0 radical (unpaired) electrons. The number of aliphatic imine (C=N–C) groups is 1. The lowest BCUT2D eigenvalue weighted by Gasteiger charge is -2.50. The molecule has 5 heterocycles. The third-order valence-electron chi connectivity index (χ3n) is 5.22. The predicted molar refractivity (Wildman–Crippen MR) is 82.6 cm³/mol. The first-order valence-electron chi connectivity index (χ1n) is 7.81. The van der Waals surface area contributed by atoms with Gasteiger partial charge in [-0.15, -0.1) is 0 Å². The quantitative estimate of drug-likeness (QED) is 0.857. The van der Waals surface area contributed by atoms with E-state index in [1.54, 1.807) is 0 Å². The summed E-state index contributed by atoms with van der Waals surface area (Å²) in [6, 6.07) is 2.68. The molecule has 1 spiro atoms. The Labute approximate surface area is 125 Å². The Hall–Kier alpha value is -1.62. The lowest BCUT2D eigenvalue weighted by atomic mass is 9.75. The maximum absolute atomic E-state index is 6.26. The minimum atomic E-state index is -0.0847. The summed E-state index contributed by atoms with van der Waals surface area (Å²) in [5, 5.41) is 3.24. The van der Waals surface area contributed by atoms with Gasteiger partial charge in [-0.2, -0.15) is 0 Å². The topological polar surface area (TPSA) is 49.8 Å². The number of hydrogen-bond donors (Lipinski definition) is 1. The van der Waals surface area contributed by atoms with Crippen LogP contribution in [0.5, 0.6) is 0 Å². The number of pyridine rings is 1. The van der Waals surface area contributed by atoms with Crippen LogP contribution in [-0.4, -0.2) is 47.7 Å². The number of nitrogens with zero attached hydrogens (tertiary/aromatic N) is 3. The van der Waals surface area contributed by atoms with Crippen LogP contribution in [0.1, 0.15) is 24.0 Å². The second kappa shape index (κ2) is 4.70. The van der Waals surface area contributed by atoms with Gasteiger partial charge in [-0.3, -0.25) is 10.2 Å². The van der Waals surface area contributed by atoms with Crippen LogP contribution in [0.4, 0.5) is 5.82 Å². The van der Waals surface area contributed by atoms with Crippen molar-refractivity contribution in [3.8, 4) is 0 Å². The SMILES string of the molecule is Cc1cnc(NC2=NCC3(CN4CCC3CC4)O2)cc1C. The van der Waals surface area contributed by atoms with Gasteiger partial charge >= 0.3 is 0 Å². The molecule has 112 valence electrons. The molecule has 1 unspecified atom stereocenters. The zero-order valence-corrected chi connectivity index (χ0v) is 12.7. The van der Waals surface area contributed by atoms with Crippen LogP contribution in [0.2, 0.25) is 0 Å². The molecule has 3 saturated heterocycles. The number of rotatable bonds is 1. The first kappa shape index (κ1) is 13.1. The summed E-state index contributed by atoms with van der Waals surface area (Å²) in [6.45, 7) is 8.40. The second-order valence-corrected chi connectivity index (χ2v) is 6.62. The highest BCUT2D eigenvalue weighted by Gasteiger charge is 2.51. The summed E-state index contributed by atoms with van der Waals surface area (Å²) in [6.07, 6.45) is 4.37. The first-order chi connectivity index (χ1) is 10.1. The Morgan fingerprint density at radius 2 is 2.10 bits per heavy atom. The molecule has 21 heavy (non-hydrogen) atoms. The maximum atomic E-state index is 6.26. The summed E-state index contributed by atoms with van der Waals surface area (Å²) >= 11 is 0. The minimum Gasteiger partial charge on any atom is -0.455 e. The maximum Gasteiger partial charge on any atom is 0.291 e. The molecule has 1 aromatic rings. The monoisotopic (exact) mass is 286 g/mol. The van der Waals surface area contributed by atoms with Gasteiger partial charge in [0, 0.05) is 18.7 Å². The molecular formula is C16H22N4O. The van der Waals surface area contributed by atoms with Gasteiger partial charge in [0.15, 0.2) is 0 Å². The van der Waals surface area contributed by atoms with E-state index in [2.05, 4.69) is 34.0 Å². The zero-order valence-electron chi connectivity index (χ0n) is 12.7. The molecule has 5 rings (SSSR count). The molecule has 3 fully saturated rings. The van der Waals surface area contributed by atoms with Gasteiger partial charge in [-0.25, -0.2) is 9.98 Å². The van der Waals surface area contributed by atoms with Crippen molar-refractivity contribution in [2.75, 3.05) is 31.5 Å². The minimum absolute atomic E-state index is 0.0847. The number of ether oxygens (including phenoxy) is 1. The molecule has 0 saturated carbocycles. The molecule has 0 aromatic carbocycles. The molecule has 1 atom stereocenters. The number of aromatic nitrogens is 1. The van der Waals surface area contributed by atoms with Crippen LogP contribution in [0.25, 0.3) is 0 Å². The summed E-state index contributed by atoms with van der Waals surface area (Å²) < 4.78 is 6.26. The molecular weight excluding hydrogens is 264 g/mol. The molecule has 0 amide bonds. The van der Waals surface area contributed by atoms with Crippen molar-refractivity contribution in [1.29, 1.82) is 0 Å². The normalized spacial score (nSPS) is 33.9. The van der Waals surface area contributed by atoms with Crippen LogP contribution in [0.3, 0.4) is 0 Å². The average molecular weight is 286 g/mol. The fourth-order valence-corrected chi connectivity index (χ4v) is 3.75. The standard InChI is InChI=1S/C16H22N4O/c1-11-7-14(17-8-12(11)2)19-15-18-9-16(21-15)10-20-5-3-13(16)4-6-20/h7-8,13H,3-6,9-10H2,1-2H3,(H,17,18,19). The van der Waals surface area contributed by atoms with E-state index in [0.29, 0.717) is 11.9 Å². The van der Waals surface area contributed by atoms with Crippen molar-refractivity contribution >= 4 is 11.8 Å². The van der Waals surface area contributed by atoms with Crippen molar-refractivity contribution < 1.29 is 4.74 Å². The molecule has 2 bridgehead atoms. The fraction of sp³-hybridized carbons (Fsp3) is 0.625. The van der Waals surface area contributed by atoms with E-state index < -0.39 is 0 Å². The number of anilines is 1. The molecule has 1 N–H and O–H groups in total. The highest BCUT2D eigenvalue weighted by molar-refractivity contribution is 5.89. The Balaban J connectivity index is 1.47. The van der Waals surface area contributed by atoms with Crippen LogP contribution in [0, 0.1) is 19.8 Å². The average Bonchev–Trinajstić information content (AvgIpc) is 2.87. The number of aryl methyl sites for hydroxylation is 2. The van der Waals surface area contributed by atoms with Gasteiger partial charge in [0.2, 0.25) is 0 Å². The van der Waals surface area contributed by atoms with Gasteiger partial charge in [-0.05, 0) is 57.0 Å². The van der Waals surface area contributed by atoms with Crippen LogP contribution in [0.15, 0.2) is 17.3 Å². The highest BCUT2D eigenvalue weighted by atomic mass is 16.5. The number of piperidine rings is 3. The molecule has 5 nitrogen and oxygen atoms in total. The molecule has 1 aromatic heterocycles. The van der Waals surface area contributed by atoms with Crippen LogP contribution in [-0.2, 0) is 4.74 Å². The molecule has 0 aliphatic carbocycles. The predicted octanol–water partition coefficient (Wildman–Crippen LogP) is 1.96. The van der Waals surface area contributed by atoms with Crippen molar-refractivity contribution in [3.63, 3.8) is 0 Å². The number of hydrogen-bond acceptors (Lipinski definition) is 5. The summed E-state index contributed by atoms with van der Waals surface area (Å²) in [4.78, 5) is 11.5. The highest BCUT2D eigenvalue weighted by Crippen LogP contribution is 2.40. The van der Waals surface area contributed by atoms with E-state index in [9.17, 15) is 0 Å². The number of nitrogens with one attached hydrogen (secondary N) is 1. The van der Waals surface area contributed by atoms with E-state index in [4.69, 9.17) is 4.74 Å². The van der Waals surface area contributed by atoms with E-state index in [1.807, 2.05) is 12.3 Å². The Kier molecular flexibility index (Phi) is 2.92. The lowest BCUT2D eigenvalue weighted by molar-refractivity contribution is -0.0829. The van der Waals surface area contributed by atoms with Gasteiger partial charge in [0.05, 0.1) is 6.54 Å². The van der Waals surface area contributed by atoms with Crippen LogP contribution < -0.4 is 5.32 Å². The van der Waals surface area contributed by atoms with Crippen molar-refractivity contribution in [1.82, 2.24) is 9.88 Å². The summed E-state index contributed by atoms with van der Waals surface area (Å²) in [7, 11) is 0. The van der Waals surface area contributed by atoms with Crippen molar-refractivity contribution in [2.24, 2.45) is 10.9 Å².